The van der Waals surface area contributed by atoms with Gasteiger partial charge in [0.05, 0.1) is 11.1 Å². The van der Waals surface area contributed by atoms with Crippen molar-refractivity contribution >= 4 is 21.7 Å². The number of anilines is 1. The molecule has 2 rings (SSSR count). The second-order valence-corrected chi connectivity index (χ2v) is 8.21. The van der Waals surface area contributed by atoms with Crippen molar-refractivity contribution in [3.8, 4) is 0 Å². The number of nitrogens with zero attached hydrogens (tertiary/aromatic N) is 3. The number of benzene rings is 1. The van der Waals surface area contributed by atoms with Gasteiger partial charge in [0.25, 0.3) is 5.91 Å². The molecule has 1 heterocycles. The van der Waals surface area contributed by atoms with E-state index in [1.807, 2.05) is 13.8 Å². The average molecular weight is 378 g/mol. The molecule has 0 saturated carbocycles. The van der Waals surface area contributed by atoms with Gasteiger partial charge in [-0.1, -0.05) is 19.9 Å². The van der Waals surface area contributed by atoms with Crippen LogP contribution in [0.25, 0.3) is 0 Å². The van der Waals surface area contributed by atoms with Gasteiger partial charge in [-0.25, -0.2) is 13.1 Å². The van der Waals surface area contributed by atoms with Crippen molar-refractivity contribution in [2.45, 2.75) is 45.6 Å². The van der Waals surface area contributed by atoms with Crippen molar-refractivity contribution in [3.63, 3.8) is 0 Å². The van der Waals surface area contributed by atoms with E-state index >= 15 is 0 Å². The fraction of sp³-hybridized carbons (Fsp3) is 0.444. The van der Waals surface area contributed by atoms with E-state index in [9.17, 15) is 13.2 Å². The Morgan fingerprint density at radius 1 is 1.23 bits per heavy atom. The van der Waals surface area contributed by atoms with Gasteiger partial charge < -0.3 is 5.32 Å². The van der Waals surface area contributed by atoms with Crippen molar-refractivity contribution < 1.29 is 13.2 Å². The Balaban J connectivity index is 2.38. The summed E-state index contributed by atoms with van der Waals surface area (Å²) in [6, 6.07) is 6.44. The second kappa shape index (κ2) is 8.01. The lowest BCUT2D eigenvalue weighted by Crippen LogP contribution is -2.31. The fourth-order valence-corrected chi connectivity index (χ4v) is 4.21. The molecule has 0 aliphatic rings. The molecule has 0 aliphatic carbocycles. The number of nitrogens with one attached hydrogen (secondary N) is 1. The molecule has 0 atom stereocenters. The van der Waals surface area contributed by atoms with Gasteiger partial charge >= 0.3 is 0 Å². The number of hydrogen-bond donors (Lipinski definition) is 1. The first-order valence-electron chi connectivity index (χ1n) is 8.68. The van der Waals surface area contributed by atoms with E-state index in [1.165, 1.54) is 16.4 Å². The lowest BCUT2D eigenvalue weighted by molar-refractivity contribution is 0.102. The van der Waals surface area contributed by atoms with Crippen molar-refractivity contribution in [1.82, 2.24) is 14.1 Å². The SMILES string of the molecule is CCN(CC)S(=O)(=O)c1ccc(C)c(C(=O)Nc2ccnn2C(C)C)c1. The standard InChI is InChI=1S/C18H26N4O3S/c1-6-21(7-2)26(24,25)15-9-8-14(5)16(12-15)18(23)20-17-10-11-19-22(17)13(3)4/h8-13H,6-7H2,1-5H3,(H,20,23). The van der Waals surface area contributed by atoms with Crippen molar-refractivity contribution in [2.24, 2.45) is 0 Å². The molecule has 7 nitrogen and oxygen atoms in total. The van der Waals surface area contributed by atoms with Gasteiger partial charge in [0.15, 0.2) is 0 Å². The molecule has 142 valence electrons. The first kappa shape index (κ1) is 20.1. The minimum atomic E-state index is -3.62. The molecular formula is C18H26N4O3S. The first-order chi connectivity index (χ1) is 12.2. The summed E-state index contributed by atoms with van der Waals surface area (Å²) >= 11 is 0. The lowest BCUT2D eigenvalue weighted by atomic mass is 10.1. The average Bonchev–Trinajstić information content (AvgIpc) is 3.04. The van der Waals surface area contributed by atoms with Crippen LogP contribution in [0.15, 0.2) is 35.4 Å². The molecule has 1 amide bonds. The molecule has 2 aromatic rings. The van der Waals surface area contributed by atoms with E-state index in [4.69, 9.17) is 0 Å². The van der Waals surface area contributed by atoms with Crippen LogP contribution in [0.5, 0.6) is 0 Å². The summed E-state index contributed by atoms with van der Waals surface area (Å²) in [5, 5.41) is 7.00. The summed E-state index contributed by atoms with van der Waals surface area (Å²) in [6.45, 7) is 10.0. The fourth-order valence-electron chi connectivity index (χ4n) is 2.73. The molecule has 1 aromatic carbocycles. The highest BCUT2D eigenvalue weighted by Crippen LogP contribution is 2.21. The van der Waals surface area contributed by atoms with E-state index < -0.39 is 10.0 Å². The highest BCUT2D eigenvalue weighted by atomic mass is 32.2. The predicted octanol–water partition coefficient (Wildman–Crippen LogP) is 3.06. The molecule has 0 saturated heterocycles. The van der Waals surface area contributed by atoms with Crippen LogP contribution in [0.4, 0.5) is 5.82 Å². The molecule has 1 aromatic heterocycles. The summed E-state index contributed by atoms with van der Waals surface area (Å²) in [4.78, 5) is 12.9. The van der Waals surface area contributed by atoms with Gasteiger partial charge in [0.1, 0.15) is 5.82 Å². The third-order valence-corrected chi connectivity index (χ3v) is 6.24. The van der Waals surface area contributed by atoms with E-state index in [0.29, 0.717) is 30.0 Å². The summed E-state index contributed by atoms with van der Waals surface area (Å²) in [5.74, 6) is 0.211. The maximum atomic E-state index is 12.7. The largest absolute Gasteiger partial charge is 0.307 e. The van der Waals surface area contributed by atoms with Gasteiger partial charge in [-0.2, -0.15) is 9.40 Å². The zero-order chi connectivity index (χ0) is 19.5. The van der Waals surface area contributed by atoms with Crippen LogP contribution in [-0.4, -0.2) is 41.5 Å². The van der Waals surface area contributed by atoms with Crippen LogP contribution in [0.2, 0.25) is 0 Å². The van der Waals surface area contributed by atoms with Crippen LogP contribution in [0.3, 0.4) is 0 Å². The Kier molecular flexibility index (Phi) is 6.20. The smallest absolute Gasteiger partial charge is 0.257 e. The quantitative estimate of drug-likeness (QED) is 0.802. The van der Waals surface area contributed by atoms with Crippen LogP contribution < -0.4 is 5.32 Å². The van der Waals surface area contributed by atoms with Crippen LogP contribution in [0, 0.1) is 6.92 Å². The number of hydrogen-bond acceptors (Lipinski definition) is 4. The van der Waals surface area contributed by atoms with Crippen LogP contribution in [-0.2, 0) is 10.0 Å². The minimum absolute atomic E-state index is 0.0933. The Bertz CT molecular complexity index is 884. The number of aryl methyl sites for hydroxylation is 1. The molecule has 1 N–H and O–H groups in total. The monoisotopic (exact) mass is 378 g/mol. The van der Waals surface area contributed by atoms with Gasteiger partial charge in [0.2, 0.25) is 10.0 Å². The summed E-state index contributed by atoms with van der Waals surface area (Å²) in [5.41, 5.74) is 1.03. The zero-order valence-corrected chi connectivity index (χ0v) is 16.7. The highest BCUT2D eigenvalue weighted by Gasteiger charge is 2.23. The second-order valence-electron chi connectivity index (χ2n) is 6.27. The Morgan fingerprint density at radius 3 is 2.46 bits per heavy atom. The number of carbonyl (C=O) groups excluding carboxylic acids is 1. The van der Waals surface area contributed by atoms with E-state index in [-0.39, 0.29) is 16.8 Å². The molecule has 26 heavy (non-hydrogen) atoms. The third-order valence-electron chi connectivity index (χ3n) is 4.20. The topological polar surface area (TPSA) is 84.3 Å². The number of sulfonamides is 1. The molecule has 0 spiro atoms. The maximum absolute atomic E-state index is 12.7. The van der Waals surface area contributed by atoms with E-state index in [0.717, 1.165) is 0 Å². The summed E-state index contributed by atoms with van der Waals surface area (Å²) < 4.78 is 28.5. The van der Waals surface area contributed by atoms with Crippen LogP contribution >= 0.6 is 0 Å². The Labute approximate surface area is 155 Å². The van der Waals surface area contributed by atoms with E-state index in [1.54, 1.807) is 43.8 Å². The first-order valence-corrected chi connectivity index (χ1v) is 10.1. The zero-order valence-electron chi connectivity index (χ0n) is 15.9. The number of carbonyl (C=O) groups is 1. The van der Waals surface area contributed by atoms with Crippen molar-refractivity contribution in [2.75, 3.05) is 18.4 Å². The van der Waals surface area contributed by atoms with Crippen molar-refractivity contribution in [1.29, 1.82) is 0 Å². The summed E-state index contributed by atoms with van der Waals surface area (Å²) in [6.07, 6.45) is 1.61. The molecule has 0 bridgehead atoms. The highest BCUT2D eigenvalue weighted by molar-refractivity contribution is 7.89. The number of amides is 1. The van der Waals surface area contributed by atoms with E-state index in [2.05, 4.69) is 10.4 Å². The number of aromatic nitrogens is 2. The minimum Gasteiger partial charge on any atom is -0.307 e. The molecule has 0 radical (unpaired) electrons. The Morgan fingerprint density at radius 2 is 1.88 bits per heavy atom. The maximum Gasteiger partial charge on any atom is 0.257 e. The third kappa shape index (κ3) is 3.96. The van der Waals surface area contributed by atoms with Gasteiger partial charge in [-0.05, 0) is 38.5 Å². The molecule has 0 unspecified atom stereocenters. The van der Waals surface area contributed by atoms with Crippen molar-refractivity contribution in [3.05, 3.63) is 41.6 Å². The van der Waals surface area contributed by atoms with Gasteiger partial charge in [-0.15, -0.1) is 0 Å². The molecule has 0 aliphatic heterocycles. The molecular weight excluding hydrogens is 352 g/mol. The number of rotatable bonds is 7. The Hall–Kier alpha value is -2.19. The molecule has 8 heteroatoms. The normalized spacial score (nSPS) is 12.0. The predicted molar refractivity (Wildman–Crippen MR) is 102 cm³/mol. The molecule has 0 fully saturated rings. The van der Waals surface area contributed by atoms with Gasteiger partial charge in [0, 0.05) is 30.8 Å². The van der Waals surface area contributed by atoms with Crippen LogP contribution in [0.1, 0.15) is 49.7 Å². The van der Waals surface area contributed by atoms with Gasteiger partial charge in [-0.3, -0.25) is 4.79 Å². The lowest BCUT2D eigenvalue weighted by Gasteiger charge is -2.19. The summed E-state index contributed by atoms with van der Waals surface area (Å²) in [7, 11) is -3.62.